The topological polar surface area (TPSA) is 46.3 Å². The van der Waals surface area contributed by atoms with Gasteiger partial charge < -0.3 is 10.6 Å². The molecule has 3 nitrogen and oxygen atoms in total. The minimum atomic E-state index is -0.0394. The lowest BCUT2D eigenvalue weighted by Crippen LogP contribution is -2.36. The first kappa shape index (κ1) is 14.9. The fourth-order valence-electron chi connectivity index (χ4n) is 1.95. The van der Waals surface area contributed by atoms with Gasteiger partial charge in [0.25, 0.3) is 5.91 Å². The maximum Gasteiger partial charge on any atom is 0.265 e. The van der Waals surface area contributed by atoms with Gasteiger partial charge in [-0.1, -0.05) is 23.7 Å². The van der Waals surface area contributed by atoms with Crippen molar-refractivity contribution in [3.05, 3.63) is 51.2 Å². The SMILES string of the molecule is CC(C)N(Cc1cccc(N)c1)C(=O)c1sccc1Cl. The highest BCUT2D eigenvalue weighted by molar-refractivity contribution is 7.12. The monoisotopic (exact) mass is 308 g/mol. The summed E-state index contributed by atoms with van der Waals surface area (Å²) in [6.07, 6.45) is 0. The number of thiophene rings is 1. The van der Waals surface area contributed by atoms with Crippen molar-refractivity contribution >= 4 is 34.5 Å². The molecule has 0 unspecified atom stereocenters. The number of carbonyl (C=O) groups is 1. The van der Waals surface area contributed by atoms with Crippen LogP contribution in [0.3, 0.4) is 0 Å². The normalized spacial score (nSPS) is 10.8. The number of halogens is 1. The summed E-state index contributed by atoms with van der Waals surface area (Å²) in [5.74, 6) is -0.0394. The molecule has 0 aliphatic rings. The van der Waals surface area contributed by atoms with E-state index in [1.807, 2.05) is 43.5 Å². The van der Waals surface area contributed by atoms with E-state index in [0.717, 1.165) is 5.56 Å². The van der Waals surface area contributed by atoms with Crippen molar-refractivity contribution in [2.75, 3.05) is 5.73 Å². The Morgan fingerprint density at radius 3 is 2.70 bits per heavy atom. The summed E-state index contributed by atoms with van der Waals surface area (Å²) in [6.45, 7) is 4.51. The van der Waals surface area contributed by atoms with Crippen molar-refractivity contribution in [3.8, 4) is 0 Å². The van der Waals surface area contributed by atoms with Crippen LogP contribution in [0.25, 0.3) is 0 Å². The van der Waals surface area contributed by atoms with Crippen molar-refractivity contribution in [1.29, 1.82) is 0 Å². The van der Waals surface area contributed by atoms with E-state index in [1.54, 1.807) is 11.0 Å². The average Bonchev–Trinajstić information content (AvgIpc) is 2.81. The number of nitrogens with two attached hydrogens (primary N) is 1. The quantitative estimate of drug-likeness (QED) is 0.867. The largest absolute Gasteiger partial charge is 0.399 e. The van der Waals surface area contributed by atoms with E-state index in [1.165, 1.54) is 11.3 Å². The van der Waals surface area contributed by atoms with Gasteiger partial charge in [-0.3, -0.25) is 4.79 Å². The maximum absolute atomic E-state index is 12.6. The molecule has 106 valence electrons. The van der Waals surface area contributed by atoms with E-state index >= 15 is 0 Å². The standard InChI is InChI=1S/C15H17ClN2OS/c1-10(2)18(9-11-4-3-5-12(17)8-11)15(19)14-13(16)6-7-20-14/h3-8,10H,9,17H2,1-2H3. The van der Waals surface area contributed by atoms with Crippen molar-refractivity contribution in [2.45, 2.75) is 26.4 Å². The number of rotatable bonds is 4. The molecule has 2 aromatic rings. The smallest absolute Gasteiger partial charge is 0.265 e. The number of nitrogens with zero attached hydrogens (tertiary/aromatic N) is 1. The molecule has 2 N–H and O–H groups in total. The molecule has 0 atom stereocenters. The van der Waals surface area contributed by atoms with Gasteiger partial charge in [0.05, 0.1) is 5.02 Å². The van der Waals surface area contributed by atoms with Gasteiger partial charge in [0.1, 0.15) is 4.88 Å². The van der Waals surface area contributed by atoms with Crippen LogP contribution in [-0.2, 0) is 6.54 Å². The third-order valence-electron chi connectivity index (χ3n) is 3.00. The highest BCUT2D eigenvalue weighted by atomic mass is 35.5. The zero-order chi connectivity index (χ0) is 14.7. The minimum absolute atomic E-state index is 0.0394. The van der Waals surface area contributed by atoms with Gasteiger partial charge in [-0.05, 0) is 43.0 Å². The highest BCUT2D eigenvalue weighted by Crippen LogP contribution is 2.25. The highest BCUT2D eigenvalue weighted by Gasteiger charge is 2.22. The van der Waals surface area contributed by atoms with Gasteiger partial charge in [0.15, 0.2) is 0 Å². The Kier molecular flexibility index (Phi) is 4.68. The van der Waals surface area contributed by atoms with Gasteiger partial charge in [0, 0.05) is 18.3 Å². The molecular weight excluding hydrogens is 292 g/mol. The van der Waals surface area contributed by atoms with E-state index in [4.69, 9.17) is 17.3 Å². The van der Waals surface area contributed by atoms with Crippen LogP contribution in [0.1, 0.15) is 29.1 Å². The van der Waals surface area contributed by atoms with Crippen LogP contribution in [0.4, 0.5) is 5.69 Å². The molecule has 20 heavy (non-hydrogen) atoms. The Balaban J connectivity index is 2.24. The lowest BCUT2D eigenvalue weighted by Gasteiger charge is -2.26. The van der Waals surface area contributed by atoms with Crippen LogP contribution in [-0.4, -0.2) is 16.8 Å². The molecule has 0 radical (unpaired) electrons. The van der Waals surface area contributed by atoms with Crippen LogP contribution in [0, 0.1) is 0 Å². The average molecular weight is 309 g/mol. The Bertz CT molecular complexity index is 609. The zero-order valence-electron chi connectivity index (χ0n) is 11.5. The Morgan fingerprint density at radius 2 is 2.15 bits per heavy atom. The van der Waals surface area contributed by atoms with Gasteiger partial charge in [-0.15, -0.1) is 11.3 Å². The molecule has 1 amide bonds. The second kappa shape index (κ2) is 6.29. The summed E-state index contributed by atoms with van der Waals surface area (Å²) in [7, 11) is 0. The summed E-state index contributed by atoms with van der Waals surface area (Å²) in [4.78, 5) is 15.0. The van der Waals surface area contributed by atoms with Crippen LogP contribution >= 0.6 is 22.9 Å². The molecule has 0 aliphatic heterocycles. The molecule has 2 rings (SSSR count). The summed E-state index contributed by atoms with van der Waals surface area (Å²) < 4.78 is 0. The number of benzene rings is 1. The minimum Gasteiger partial charge on any atom is -0.399 e. The molecule has 0 bridgehead atoms. The van der Waals surface area contributed by atoms with Crippen LogP contribution in [0.5, 0.6) is 0 Å². The summed E-state index contributed by atoms with van der Waals surface area (Å²) in [6, 6.07) is 9.42. The number of amides is 1. The van der Waals surface area contributed by atoms with E-state index in [2.05, 4.69) is 0 Å². The molecule has 0 spiro atoms. The van der Waals surface area contributed by atoms with Gasteiger partial charge >= 0.3 is 0 Å². The summed E-state index contributed by atoms with van der Waals surface area (Å²) in [5.41, 5.74) is 7.50. The summed E-state index contributed by atoms with van der Waals surface area (Å²) >= 11 is 7.42. The second-order valence-electron chi connectivity index (χ2n) is 4.87. The van der Waals surface area contributed by atoms with E-state index in [9.17, 15) is 4.79 Å². The molecule has 0 saturated carbocycles. The van der Waals surface area contributed by atoms with Gasteiger partial charge in [-0.25, -0.2) is 0 Å². The number of carbonyl (C=O) groups excluding carboxylic acids is 1. The fraction of sp³-hybridized carbons (Fsp3) is 0.267. The van der Waals surface area contributed by atoms with E-state index in [0.29, 0.717) is 22.1 Å². The second-order valence-corrected chi connectivity index (χ2v) is 6.19. The molecule has 1 aromatic carbocycles. The fourth-order valence-corrected chi connectivity index (χ4v) is 3.04. The predicted octanol–water partition coefficient (Wildman–Crippen LogP) is 4.03. The first-order valence-electron chi connectivity index (χ1n) is 6.37. The maximum atomic E-state index is 12.6. The molecule has 0 aliphatic carbocycles. The van der Waals surface area contributed by atoms with E-state index < -0.39 is 0 Å². The Morgan fingerprint density at radius 1 is 1.40 bits per heavy atom. The van der Waals surface area contributed by atoms with Crippen molar-refractivity contribution in [1.82, 2.24) is 4.90 Å². The number of hydrogen-bond acceptors (Lipinski definition) is 3. The number of hydrogen-bond donors (Lipinski definition) is 1. The third-order valence-corrected chi connectivity index (χ3v) is 4.33. The molecular formula is C15H17ClN2OS. The Hall–Kier alpha value is -1.52. The lowest BCUT2D eigenvalue weighted by atomic mass is 10.1. The Labute approximate surface area is 128 Å². The van der Waals surface area contributed by atoms with Crippen molar-refractivity contribution in [3.63, 3.8) is 0 Å². The number of nitrogen functional groups attached to an aromatic ring is 1. The van der Waals surface area contributed by atoms with Crippen molar-refractivity contribution in [2.24, 2.45) is 0 Å². The van der Waals surface area contributed by atoms with Crippen molar-refractivity contribution < 1.29 is 4.79 Å². The summed E-state index contributed by atoms with van der Waals surface area (Å²) in [5, 5.41) is 2.34. The molecule has 1 aromatic heterocycles. The first-order valence-corrected chi connectivity index (χ1v) is 7.63. The predicted molar refractivity (Wildman–Crippen MR) is 85.2 cm³/mol. The molecule has 0 saturated heterocycles. The van der Waals surface area contributed by atoms with Crippen LogP contribution < -0.4 is 5.73 Å². The number of anilines is 1. The van der Waals surface area contributed by atoms with Gasteiger partial charge in [-0.2, -0.15) is 0 Å². The first-order chi connectivity index (χ1) is 9.49. The molecule has 0 fully saturated rings. The third kappa shape index (κ3) is 3.32. The van der Waals surface area contributed by atoms with Crippen LogP contribution in [0.15, 0.2) is 35.7 Å². The van der Waals surface area contributed by atoms with E-state index in [-0.39, 0.29) is 11.9 Å². The zero-order valence-corrected chi connectivity index (χ0v) is 13.0. The molecule has 1 heterocycles. The van der Waals surface area contributed by atoms with Gasteiger partial charge in [0.2, 0.25) is 0 Å². The molecule has 5 heteroatoms. The van der Waals surface area contributed by atoms with Crippen LogP contribution in [0.2, 0.25) is 5.02 Å². The lowest BCUT2D eigenvalue weighted by molar-refractivity contribution is 0.0695.